The Morgan fingerprint density at radius 1 is 1.00 bits per heavy atom. The second-order valence-corrected chi connectivity index (χ2v) is 7.42. The number of nitrogens with zero attached hydrogens (tertiary/aromatic N) is 6. The maximum Gasteiger partial charge on any atom is 0.272 e. The summed E-state index contributed by atoms with van der Waals surface area (Å²) >= 11 is 0. The molecule has 0 aromatic carbocycles. The lowest BCUT2D eigenvalue weighted by Crippen LogP contribution is -2.47. The summed E-state index contributed by atoms with van der Waals surface area (Å²) in [6.45, 7) is 7.31. The van der Waals surface area contributed by atoms with E-state index in [9.17, 15) is 4.79 Å². The second kappa shape index (κ2) is 7.90. The quantitative estimate of drug-likeness (QED) is 0.829. The van der Waals surface area contributed by atoms with E-state index in [0.717, 1.165) is 57.3 Å². The monoisotopic (exact) mass is 366 g/mol. The highest BCUT2D eigenvalue weighted by atomic mass is 16.2. The number of anilines is 2. The molecule has 7 nitrogen and oxygen atoms in total. The number of carbonyl (C=O) groups excluding carboxylic acids is 1. The van der Waals surface area contributed by atoms with E-state index >= 15 is 0 Å². The number of pyridine rings is 1. The molecule has 27 heavy (non-hydrogen) atoms. The van der Waals surface area contributed by atoms with Crippen LogP contribution in [0, 0.1) is 5.92 Å². The molecule has 2 saturated heterocycles. The number of hydrogen-bond donors (Lipinski definition) is 0. The van der Waals surface area contributed by atoms with Crippen molar-refractivity contribution in [2.45, 2.75) is 19.8 Å². The molecule has 142 valence electrons. The van der Waals surface area contributed by atoms with Crippen LogP contribution in [0.4, 0.5) is 11.6 Å². The summed E-state index contributed by atoms with van der Waals surface area (Å²) in [7, 11) is 0. The van der Waals surface area contributed by atoms with Gasteiger partial charge in [0.2, 0.25) is 0 Å². The third-order valence-electron chi connectivity index (χ3n) is 5.39. The molecular formula is C20H26N6O. The molecule has 0 N–H and O–H groups in total. The van der Waals surface area contributed by atoms with Crippen molar-refractivity contribution in [1.29, 1.82) is 0 Å². The zero-order valence-corrected chi connectivity index (χ0v) is 15.8. The Bertz CT molecular complexity index is 775. The van der Waals surface area contributed by atoms with Crippen LogP contribution >= 0.6 is 0 Å². The summed E-state index contributed by atoms with van der Waals surface area (Å²) in [5, 5.41) is 0. The summed E-state index contributed by atoms with van der Waals surface area (Å²) in [5.74, 6) is 2.43. The van der Waals surface area contributed by atoms with Crippen LogP contribution in [0.15, 0.2) is 36.8 Å². The number of likely N-dealkylation sites (tertiary alicyclic amines) is 1. The largest absolute Gasteiger partial charge is 0.353 e. The molecule has 2 aromatic heterocycles. The zero-order chi connectivity index (χ0) is 18.6. The van der Waals surface area contributed by atoms with Gasteiger partial charge in [-0.25, -0.2) is 15.0 Å². The molecule has 1 unspecified atom stereocenters. The zero-order valence-electron chi connectivity index (χ0n) is 15.8. The van der Waals surface area contributed by atoms with Crippen LogP contribution in [0.1, 0.15) is 30.3 Å². The molecule has 7 heteroatoms. The van der Waals surface area contributed by atoms with Gasteiger partial charge in [-0.1, -0.05) is 13.0 Å². The maximum absolute atomic E-state index is 12.8. The summed E-state index contributed by atoms with van der Waals surface area (Å²) in [4.78, 5) is 32.3. The van der Waals surface area contributed by atoms with E-state index in [4.69, 9.17) is 0 Å². The van der Waals surface area contributed by atoms with Gasteiger partial charge in [-0.15, -0.1) is 0 Å². The van der Waals surface area contributed by atoms with Gasteiger partial charge < -0.3 is 14.7 Å². The van der Waals surface area contributed by atoms with Crippen LogP contribution in [-0.2, 0) is 0 Å². The van der Waals surface area contributed by atoms with Gasteiger partial charge in [-0.3, -0.25) is 4.79 Å². The lowest BCUT2D eigenvalue weighted by molar-refractivity contribution is 0.0677. The van der Waals surface area contributed by atoms with Gasteiger partial charge in [0.05, 0.1) is 0 Å². The average molecular weight is 366 g/mol. The first-order valence-electron chi connectivity index (χ1n) is 9.73. The lowest BCUT2D eigenvalue weighted by atomic mass is 10.00. The molecule has 0 spiro atoms. The van der Waals surface area contributed by atoms with Crippen molar-refractivity contribution in [1.82, 2.24) is 19.9 Å². The van der Waals surface area contributed by atoms with Crippen molar-refractivity contribution in [2.75, 3.05) is 49.1 Å². The standard InChI is InChI=1S/C20H26N6O/c1-16-5-4-8-26(14-16)20(27)17-13-19(23-15-22-17)25-11-9-24(10-12-25)18-6-2-3-7-21-18/h2-3,6-7,13,15-16H,4-5,8-12,14H2,1H3. The van der Waals surface area contributed by atoms with Gasteiger partial charge in [0, 0.05) is 51.5 Å². The summed E-state index contributed by atoms with van der Waals surface area (Å²) in [6, 6.07) is 7.83. The molecule has 2 fully saturated rings. The minimum Gasteiger partial charge on any atom is -0.353 e. The summed E-state index contributed by atoms with van der Waals surface area (Å²) < 4.78 is 0. The molecule has 1 atom stereocenters. The van der Waals surface area contributed by atoms with Gasteiger partial charge in [0.1, 0.15) is 23.7 Å². The topological polar surface area (TPSA) is 65.5 Å². The van der Waals surface area contributed by atoms with Gasteiger partial charge in [0.15, 0.2) is 0 Å². The first-order valence-corrected chi connectivity index (χ1v) is 9.73. The predicted octanol–water partition coefficient (Wildman–Crippen LogP) is 2.07. The van der Waals surface area contributed by atoms with Crippen molar-refractivity contribution < 1.29 is 4.79 Å². The van der Waals surface area contributed by atoms with Crippen LogP contribution in [0.2, 0.25) is 0 Å². The second-order valence-electron chi connectivity index (χ2n) is 7.42. The molecule has 1 amide bonds. The molecule has 0 radical (unpaired) electrons. The van der Waals surface area contributed by atoms with E-state index in [2.05, 4.69) is 31.7 Å². The SMILES string of the molecule is CC1CCCN(C(=O)c2cc(N3CCN(c4ccccn4)CC3)ncn2)C1. The summed E-state index contributed by atoms with van der Waals surface area (Å²) in [6.07, 6.45) is 5.60. The molecule has 0 aliphatic carbocycles. The van der Waals surface area contributed by atoms with Crippen LogP contribution in [0.25, 0.3) is 0 Å². The molecular weight excluding hydrogens is 340 g/mol. The number of piperazine rings is 1. The number of aromatic nitrogens is 3. The van der Waals surface area contributed by atoms with E-state index in [1.165, 1.54) is 12.7 Å². The normalized spacial score (nSPS) is 20.6. The van der Waals surface area contributed by atoms with Gasteiger partial charge >= 0.3 is 0 Å². The Hall–Kier alpha value is -2.70. The molecule has 0 bridgehead atoms. The third kappa shape index (κ3) is 4.02. The fraction of sp³-hybridized carbons (Fsp3) is 0.500. The van der Waals surface area contributed by atoms with Gasteiger partial charge in [0.25, 0.3) is 5.91 Å². The Morgan fingerprint density at radius 3 is 2.48 bits per heavy atom. The summed E-state index contributed by atoms with van der Waals surface area (Å²) in [5.41, 5.74) is 0.501. The smallest absolute Gasteiger partial charge is 0.272 e. The average Bonchev–Trinajstić information content (AvgIpc) is 2.74. The van der Waals surface area contributed by atoms with Crippen LogP contribution < -0.4 is 9.80 Å². The van der Waals surface area contributed by atoms with Gasteiger partial charge in [-0.05, 0) is 30.9 Å². The first kappa shape index (κ1) is 17.7. The highest BCUT2D eigenvalue weighted by Crippen LogP contribution is 2.20. The van der Waals surface area contributed by atoms with Crippen LogP contribution in [0.5, 0.6) is 0 Å². The van der Waals surface area contributed by atoms with Crippen molar-refractivity contribution in [2.24, 2.45) is 5.92 Å². The van der Waals surface area contributed by atoms with E-state index in [-0.39, 0.29) is 5.91 Å². The van der Waals surface area contributed by atoms with E-state index in [0.29, 0.717) is 11.6 Å². The van der Waals surface area contributed by atoms with E-state index in [1.54, 1.807) is 0 Å². The van der Waals surface area contributed by atoms with E-state index < -0.39 is 0 Å². The third-order valence-corrected chi connectivity index (χ3v) is 5.39. The van der Waals surface area contributed by atoms with Crippen molar-refractivity contribution >= 4 is 17.5 Å². The lowest BCUT2D eigenvalue weighted by Gasteiger charge is -2.36. The number of amides is 1. The Labute approximate surface area is 160 Å². The molecule has 2 aromatic rings. The van der Waals surface area contributed by atoms with Crippen LogP contribution in [0.3, 0.4) is 0 Å². The highest BCUT2D eigenvalue weighted by Gasteiger charge is 2.25. The molecule has 0 saturated carbocycles. The predicted molar refractivity (Wildman–Crippen MR) is 105 cm³/mol. The Morgan fingerprint density at radius 2 is 1.78 bits per heavy atom. The molecule has 4 rings (SSSR count). The molecule has 4 heterocycles. The number of rotatable bonds is 3. The Balaban J connectivity index is 1.42. The Kier molecular flexibility index (Phi) is 5.18. The minimum absolute atomic E-state index is 0.0253. The van der Waals surface area contributed by atoms with Crippen molar-refractivity contribution in [3.8, 4) is 0 Å². The van der Waals surface area contributed by atoms with Crippen molar-refractivity contribution in [3.05, 3.63) is 42.5 Å². The number of piperidine rings is 1. The maximum atomic E-state index is 12.8. The highest BCUT2D eigenvalue weighted by molar-refractivity contribution is 5.93. The number of carbonyl (C=O) groups is 1. The number of hydrogen-bond acceptors (Lipinski definition) is 6. The van der Waals surface area contributed by atoms with Crippen LogP contribution in [-0.4, -0.2) is 65.0 Å². The first-order chi connectivity index (χ1) is 13.2. The van der Waals surface area contributed by atoms with Gasteiger partial charge in [-0.2, -0.15) is 0 Å². The fourth-order valence-corrected chi connectivity index (χ4v) is 3.88. The molecule has 2 aliphatic rings. The van der Waals surface area contributed by atoms with Crippen molar-refractivity contribution in [3.63, 3.8) is 0 Å². The van der Waals surface area contributed by atoms with E-state index in [1.807, 2.05) is 35.4 Å². The molecule has 2 aliphatic heterocycles. The fourth-order valence-electron chi connectivity index (χ4n) is 3.88. The minimum atomic E-state index is 0.0253.